The average Bonchev–Trinajstić information content (AvgIpc) is 2.29. The highest BCUT2D eigenvalue weighted by Gasteiger charge is 2.10. The second kappa shape index (κ2) is 6.82. The Bertz CT molecular complexity index is 513. The van der Waals surface area contributed by atoms with Gasteiger partial charge < -0.3 is 5.73 Å². The van der Waals surface area contributed by atoms with Crippen LogP contribution in [0.4, 0.5) is 5.69 Å². The minimum atomic E-state index is -3.23. The van der Waals surface area contributed by atoms with E-state index in [4.69, 9.17) is 5.73 Å². The molecule has 0 unspecified atom stereocenters. The maximum Gasteiger partial charge on any atom is 0.212 e. The molecular formula is C12H18N2O2S2. The number of nitrogens with two attached hydrogens (primary N) is 1. The molecule has 0 aromatic heterocycles. The molecule has 18 heavy (non-hydrogen) atoms. The van der Waals surface area contributed by atoms with Crippen molar-refractivity contribution in [2.75, 3.05) is 23.8 Å². The SMILES string of the molecule is C=C(C)CNS(=O)(=O)CCSc1ccccc1N. The number of hydrogen-bond acceptors (Lipinski definition) is 4. The van der Waals surface area contributed by atoms with Crippen LogP contribution in [0.25, 0.3) is 0 Å². The molecule has 0 aliphatic carbocycles. The molecule has 6 heteroatoms. The van der Waals surface area contributed by atoms with Gasteiger partial charge in [0.15, 0.2) is 0 Å². The topological polar surface area (TPSA) is 72.2 Å². The summed E-state index contributed by atoms with van der Waals surface area (Å²) >= 11 is 1.44. The van der Waals surface area contributed by atoms with Crippen LogP contribution < -0.4 is 10.5 Å². The first-order valence-electron chi connectivity index (χ1n) is 5.50. The van der Waals surface area contributed by atoms with Gasteiger partial charge in [-0.25, -0.2) is 13.1 Å². The van der Waals surface area contributed by atoms with Crippen LogP contribution in [0.15, 0.2) is 41.3 Å². The summed E-state index contributed by atoms with van der Waals surface area (Å²) in [5.41, 5.74) is 7.24. The second-order valence-electron chi connectivity index (χ2n) is 3.98. The highest BCUT2D eigenvalue weighted by molar-refractivity contribution is 8.00. The molecule has 0 atom stereocenters. The zero-order chi connectivity index (χ0) is 13.6. The molecule has 0 aliphatic rings. The van der Waals surface area contributed by atoms with E-state index in [1.165, 1.54) is 11.8 Å². The summed E-state index contributed by atoms with van der Waals surface area (Å²) < 4.78 is 25.7. The van der Waals surface area contributed by atoms with Crippen LogP contribution in [0.1, 0.15) is 6.92 Å². The Labute approximate surface area is 113 Å². The van der Waals surface area contributed by atoms with E-state index in [1.807, 2.05) is 18.2 Å². The van der Waals surface area contributed by atoms with E-state index in [0.29, 0.717) is 18.0 Å². The van der Waals surface area contributed by atoms with Crippen LogP contribution in [-0.4, -0.2) is 26.5 Å². The number of benzene rings is 1. The van der Waals surface area contributed by atoms with Crippen molar-refractivity contribution in [1.29, 1.82) is 0 Å². The third-order valence-corrected chi connectivity index (χ3v) is 4.80. The van der Waals surface area contributed by atoms with E-state index in [1.54, 1.807) is 13.0 Å². The molecule has 0 saturated heterocycles. The van der Waals surface area contributed by atoms with E-state index in [0.717, 1.165) is 10.5 Å². The number of anilines is 1. The predicted molar refractivity (Wildman–Crippen MR) is 78.2 cm³/mol. The van der Waals surface area contributed by atoms with Crippen molar-refractivity contribution in [1.82, 2.24) is 4.72 Å². The van der Waals surface area contributed by atoms with Gasteiger partial charge in [0.25, 0.3) is 0 Å². The first-order valence-corrected chi connectivity index (χ1v) is 8.13. The summed E-state index contributed by atoms with van der Waals surface area (Å²) in [6.07, 6.45) is 0. The molecule has 1 aromatic rings. The molecule has 0 radical (unpaired) electrons. The van der Waals surface area contributed by atoms with Crippen molar-refractivity contribution in [3.63, 3.8) is 0 Å². The fraction of sp³-hybridized carbons (Fsp3) is 0.333. The van der Waals surface area contributed by atoms with Gasteiger partial charge in [0, 0.05) is 22.9 Å². The van der Waals surface area contributed by atoms with Crippen LogP contribution in [0.5, 0.6) is 0 Å². The van der Waals surface area contributed by atoms with E-state index >= 15 is 0 Å². The van der Waals surface area contributed by atoms with Crippen LogP contribution in [0.2, 0.25) is 0 Å². The van der Waals surface area contributed by atoms with Gasteiger partial charge >= 0.3 is 0 Å². The lowest BCUT2D eigenvalue weighted by Crippen LogP contribution is -2.28. The molecule has 0 heterocycles. The number of sulfonamides is 1. The van der Waals surface area contributed by atoms with Gasteiger partial charge in [-0.2, -0.15) is 0 Å². The van der Waals surface area contributed by atoms with Crippen molar-refractivity contribution in [3.05, 3.63) is 36.4 Å². The maximum absolute atomic E-state index is 11.6. The third kappa shape index (κ3) is 5.57. The van der Waals surface area contributed by atoms with Crippen LogP contribution in [-0.2, 0) is 10.0 Å². The molecule has 4 nitrogen and oxygen atoms in total. The van der Waals surface area contributed by atoms with Crippen molar-refractivity contribution < 1.29 is 8.42 Å². The summed E-state index contributed by atoms with van der Waals surface area (Å²) in [4.78, 5) is 0.910. The fourth-order valence-corrected chi connectivity index (χ4v) is 3.63. The molecule has 0 saturated carbocycles. The van der Waals surface area contributed by atoms with Gasteiger partial charge in [0.2, 0.25) is 10.0 Å². The number of nitrogen functional groups attached to an aromatic ring is 1. The number of nitrogens with one attached hydrogen (secondary N) is 1. The molecule has 1 aromatic carbocycles. The normalized spacial score (nSPS) is 11.4. The summed E-state index contributed by atoms with van der Waals surface area (Å²) in [5, 5.41) is 0. The van der Waals surface area contributed by atoms with E-state index < -0.39 is 10.0 Å². The molecule has 3 N–H and O–H groups in total. The first kappa shape index (κ1) is 15.1. The summed E-state index contributed by atoms with van der Waals surface area (Å²) in [6, 6.07) is 7.42. The van der Waals surface area contributed by atoms with Crippen molar-refractivity contribution >= 4 is 27.5 Å². The largest absolute Gasteiger partial charge is 0.398 e. The highest BCUT2D eigenvalue weighted by atomic mass is 32.2. The van der Waals surface area contributed by atoms with Gasteiger partial charge in [-0.05, 0) is 19.1 Å². The Hall–Kier alpha value is -0.980. The van der Waals surface area contributed by atoms with Crippen LogP contribution in [0.3, 0.4) is 0 Å². The number of thioether (sulfide) groups is 1. The fourth-order valence-electron chi connectivity index (χ4n) is 1.18. The maximum atomic E-state index is 11.6. The van der Waals surface area contributed by atoms with Gasteiger partial charge in [0.1, 0.15) is 0 Å². The summed E-state index contributed by atoms with van der Waals surface area (Å²) in [5.74, 6) is 0.541. The smallest absolute Gasteiger partial charge is 0.212 e. The quantitative estimate of drug-likeness (QED) is 0.456. The molecule has 1 rings (SSSR count). The molecule has 0 bridgehead atoms. The lowest BCUT2D eigenvalue weighted by atomic mass is 10.3. The van der Waals surface area contributed by atoms with Crippen LogP contribution in [0, 0.1) is 0 Å². The Balaban J connectivity index is 2.42. The van der Waals surface area contributed by atoms with Gasteiger partial charge in [0.05, 0.1) is 5.75 Å². The van der Waals surface area contributed by atoms with Gasteiger partial charge in [-0.3, -0.25) is 0 Å². The zero-order valence-electron chi connectivity index (χ0n) is 10.3. The standard InChI is InChI=1S/C12H18N2O2S2/c1-10(2)9-14-18(15,16)8-7-17-12-6-4-3-5-11(12)13/h3-6,14H,1,7-9,13H2,2H3. The number of rotatable bonds is 7. The minimum Gasteiger partial charge on any atom is -0.398 e. The third-order valence-electron chi connectivity index (χ3n) is 2.12. The molecule has 0 fully saturated rings. The molecule has 0 aliphatic heterocycles. The predicted octanol–water partition coefficient (Wildman–Crippen LogP) is 1.86. The minimum absolute atomic E-state index is 0.0687. The summed E-state index contributed by atoms with van der Waals surface area (Å²) in [7, 11) is -3.23. The lowest BCUT2D eigenvalue weighted by Gasteiger charge is -2.07. The van der Waals surface area contributed by atoms with E-state index in [-0.39, 0.29) is 5.75 Å². The van der Waals surface area contributed by atoms with Crippen molar-refractivity contribution in [2.24, 2.45) is 0 Å². The number of hydrogen-bond donors (Lipinski definition) is 2. The van der Waals surface area contributed by atoms with Gasteiger partial charge in [-0.15, -0.1) is 11.8 Å². The lowest BCUT2D eigenvalue weighted by molar-refractivity contribution is 0.586. The molecule has 0 spiro atoms. The highest BCUT2D eigenvalue weighted by Crippen LogP contribution is 2.24. The Kier molecular flexibility index (Phi) is 5.71. The van der Waals surface area contributed by atoms with Gasteiger partial charge in [-0.1, -0.05) is 24.3 Å². The number of para-hydroxylation sites is 1. The second-order valence-corrected chi connectivity index (χ2v) is 7.05. The summed E-state index contributed by atoms with van der Waals surface area (Å²) in [6.45, 7) is 5.72. The van der Waals surface area contributed by atoms with Crippen molar-refractivity contribution in [3.8, 4) is 0 Å². The first-order chi connectivity index (χ1) is 8.41. The molecule has 100 valence electrons. The van der Waals surface area contributed by atoms with E-state index in [9.17, 15) is 8.42 Å². The average molecular weight is 286 g/mol. The molecule has 0 amide bonds. The Morgan fingerprint density at radius 1 is 1.44 bits per heavy atom. The molecular weight excluding hydrogens is 268 g/mol. The Morgan fingerprint density at radius 3 is 2.72 bits per heavy atom. The zero-order valence-corrected chi connectivity index (χ0v) is 12.0. The Morgan fingerprint density at radius 2 is 2.11 bits per heavy atom. The van der Waals surface area contributed by atoms with Crippen molar-refractivity contribution in [2.45, 2.75) is 11.8 Å². The monoisotopic (exact) mass is 286 g/mol. The van der Waals surface area contributed by atoms with E-state index in [2.05, 4.69) is 11.3 Å². The van der Waals surface area contributed by atoms with Crippen LogP contribution >= 0.6 is 11.8 Å².